The number of rotatable bonds is 4. The van der Waals surface area contributed by atoms with Crippen LogP contribution in [0.1, 0.15) is 24.0 Å². The van der Waals surface area contributed by atoms with Crippen molar-refractivity contribution >= 4 is 29.9 Å². The Labute approximate surface area is 161 Å². The van der Waals surface area contributed by atoms with Gasteiger partial charge in [-0.05, 0) is 25.8 Å². The van der Waals surface area contributed by atoms with Crippen LogP contribution < -0.4 is 10.1 Å². The van der Waals surface area contributed by atoms with E-state index >= 15 is 0 Å². The third kappa shape index (κ3) is 3.96. The van der Waals surface area contributed by atoms with Crippen LogP contribution in [-0.4, -0.2) is 57.9 Å². The van der Waals surface area contributed by atoms with E-state index < -0.39 is 0 Å². The summed E-state index contributed by atoms with van der Waals surface area (Å²) in [6, 6.07) is 6.46. The van der Waals surface area contributed by atoms with Crippen LogP contribution in [0.15, 0.2) is 23.2 Å². The van der Waals surface area contributed by atoms with Gasteiger partial charge in [0.25, 0.3) is 0 Å². The minimum absolute atomic E-state index is 0. The average molecular weight is 445 g/mol. The Morgan fingerprint density at radius 3 is 2.71 bits per heavy atom. The predicted octanol–water partition coefficient (Wildman–Crippen LogP) is 2.56. The lowest BCUT2D eigenvalue weighted by atomic mass is 9.73. The van der Waals surface area contributed by atoms with Crippen molar-refractivity contribution in [2.45, 2.75) is 25.2 Å². The van der Waals surface area contributed by atoms with Gasteiger partial charge >= 0.3 is 0 Å². The zero-order chi connectivity index (χ0) is 16.3. The molecule has 1 aromatic carbocycles. The molecule has 1 saturated heterocycles. The molecule has 0 atom stereocenters. The molecule has 1 fully saturated rings. The first-order valence-electron chi connectivity index (χ1n) is 8.37. The Kier molecular flexibility index (Phi) is 6.74. The summed E-state index contributed by atoms with van der Waals surface area (Å²) in [6.45, 7) is 6.45. The summed E-state index contributed by atoms with van der Waals surface area (Å²) in [7, 11) is 3.84. The maximum absolute atomic E-state index is 5.66. The predicted molar refractivity (Wildman–Crippen MR) is 108 cm³/mol. The molecule has 1 aromatic rings. The fraction of sp³-hybridized carbons (Fsp3) is 0.611. The van der Waals surface area contributed by atoms with Gasteiger partial charge in [0.2, 0.25) is 0 Å². The van der Waals surface area contributed by atoms with E-state index in [-0.39, 0.29) is 29.4 Å². The number of likely N-dealkylation sites (N-methyl/N-ethyl adjacent to an activating group) is 1. The van der Waals surface area contributed by atoms with Gasteiger partial charge < -0.3 is 19.7 Å². The molecule has 5 nitrogen and oxygen atoms in total. The summed E-state index contributed by atoms with van der Waals surface area (Å²) in [4.78, 5) is 6.74. The van der Waals surface area contributed by atoms with E-state index in [9.17, 15) is 0 Å². The van der Waals surface area contributed by atoms with Gasteiger partial charge in [-0.2, -0.15) is 0 Å². The molecule has 2 aliphatic rings. The highest BCUT2D eigenvalue weighted by molar-refractivity contribution is 14.0. The minimum atomic E-state index is 0. The molecule has 3 rings (SSSR count). The van der Waals surface area contributed by atoms with E-state index in [1.165, 1.54) is 11.1 Å². The normalized spacial score (nSPS) is 19.5. The van der Waals surface area contributed by atoms with Crippen molar-refractivity contribution in [1.82, 2.24) is 10.2 Å². The third-order valence-corrected chi connectivity index (χ3v) is 5.02. The number of nitrogens with zero attached hydrogens (tertiary/aromatic N) is 2. The molecule has 6 heteroatoms. The van der Waals surface area contributed by atoms with Crippen LogP contribution in [0, 0.1) is 6.92 Å². The molecule has 0 radical (unpaired) electrons. The lowest BCUT2D eigenvalue weighted by Gasteiger charge is -2.39. The summed E-state index contributed by atoms with van der Waals surface area (Å²) in [5.74, 6) is 1.98. The highest BCUT2D eigenvalue weighted by Gasteiger charge is 2.37. The average Bonchev–Trinajstić information content (AvgIpc) is 2.99. The van der Waals surface area contributed by atoms with Crippen LogP contribution in [-0.2, 0) is 10.2 Å². The molecule has 1 N–H and O–H groups in total. The fourth-order valence-electron chi connectivity index (χ4n) is 3.51. The van der Waals surface area contributed by atoms with Crippen LogP contribution >= 0.6 is 24.0 Å². The number of aliphatic imine (C=N–C) groups is 1. The van der Waals surface area contributed by atoms with Gasteiger partial charge in [-0.15, -0.1) is 24.0 Å². The number of guanidine groups is 1. The Balaban J connectivity index is 0.00000208. The number of aryl methyl sites for hydroxylation is 1. The van der Waals surface area contributed by atoms with Crippen molar-refractivity contribution in [3.8, 4) is 5.75 Å². The first kappa shape index (κ1) is 19.3. The molecular weight excluding hydrogens is 417 g/mol. The number of hydrogen-bond donors (Lipinski definition) is 1. The van der Waals surface area contributed by atoms with E-state index in [1.54, 1.807) is 7.11 Å². The molecule has 134 valence electrons. The molecule has 24 heavy (non-hydrogen) atoms. The van der Waals surface area contributed by atoms with Gasteiger partial charge in [-0.1, -0.05) is 17.7 Å². The summed E-state index contributed by atoms with van der Waals surface area (Å²) in [5.41, 5.74) is 2.58. The van der Waals surface area contributed by atoms with Gasteiger partial charge in [-0.3, -0.25) is 4.99 Å². The van der Waals surface area contributed by atoms with Gasteiger partial charge in [-0.25, -0.2) is 0 Å². The summed E-state index contributed by atoms with van der Waals surface area (Å²) < 4.78 is 11.3. The van der Waals surface area contributed by atoms with Gasteiger partial charge in [0.05, 0.1) is 13.7 Å². The zero-order valence-electron chi connectivity index (χ0n) is 14.8. The van der Waals surface area contributed by atoms with Crippen LogP contribution in [0.3, 0.4) is 0 Å². The number of nitrogens with one attached hydrogen (secondary N) is 1. The lowest BCUT2D eigenvalue weighted by Crippen LogP contribution is -2.47. The van der Waals surface area contributed by atoms with Crippen LogP contribution in [0.5, 0.6) is 5.75 Å². The maximum atomic E-state index is 5.66. The van der Waals surface area contributed by atoms with E-state index in [2.05, 4.69) is 47.4 Å². The third-order valence-electron chi connectivity index (χ3n) is 5.02. The minimum Gasteiger partial charge on any atom is -0.496 e. The van der Waals surface area contributed by atoms with Crippen molar-refractivity contribution in [3.05, 3.63) is 29.3 Å². The number of ether oxygens (including phenoxy) is 2. The molecule has 0 saturated carbocycles. The molecule has 2 heterocycles. The summed E-state index contributed by atoms with van der Waals surface area (Å²) >= 11 is 0. The monoisotopic (exact) mass is 445 g/mol. The molecular formula is C18H28IN3O2. The Bertz CT molecular complexity index is 586. The first-order chi connectivity index (χ1) is 11.1. The number of benzene rings is 1. The topological polar surface area (TPSA) is 46.1 Å². The van der Waals surface area contributed by atoms with Gasteiger partial charge in [0.15, 0.2) is 5.96 Å². The van der Waals surface area contributed by atoms with Crippen molar-refractivity contribution < 1.29 is 9.47 Å². The second-order valence-electron chi connectivity index (χ2n) is 6.58. The quantitative estimate of drug-likeness (QED) is 0.724. The van der Waals surface area contributed by atoms with Crippen LogP contribution in [0.25, 0.3) is 0 Å². The molecule has 2 aliphatic heterocycles. The molecule has 0 amide bonds. The Morgan fingerprint density at radius 1 is 1.33 bits per heavy atom. The highest BCUT2D eigenvalue weighted by atomic mass is 127. The molecule has 0 spiro atoms. The van der Waals surface area contributed by atoms with Crippen molar-refractivity contribution in [1.29, 1.82) is 0 Å². The van der Waals surface area contributed by atoms with Crippen molar-refractivity contribution in [2.75, 3.05) is 47.0 Å². The number of halogens is 1. The number of methoxy groups -OCH3 is 1. The van der Waals surface area contributed by atoms with Gasteiger partial charge in [0.1, 0.15) is 5.75 Å². The second-order valence-corrected chi connectivity index (χ2v) is 6.58. The standard InChI is InChI=1S/C18H27N3O2.HI/c1-14-4-5-16(22-3)15(12-14)18(6-10-23-11-7-18)13-20-17-19-8-9-21(17)2;/h4-5,12H,6-11,13H2,1-3H3,(H,19,20);1H. The SMILES string of the molecule is COc1ccc(C)cc1C1(CNC2=NCCN2C)CCOCC1.I. The molecule has 0 bridgehead atoms. The van der Waals surface area contributed by atoms with Crippen LogP contribution in [0.2, 0.25) is 0 Å². The van der Waals surface area contributed by atoms with E-state index in [1.807, 2.05) is 0 Å². The van der Waals surface area contributed by atoms with Crippen LogP contribution in [0.4, 0.5) is 0 Å². The van der Waals surface area contributed by atoms with Crippen molar-refractivity contribution in [3.63, 3.8) is 0 Å². The zero-order valence-corrected chi connectivity index (χ0v) is 17.1. The highest BCUT2D eigenvalue weighted by Crippen LogP contribution is 2.40. The van der Waals surface area contributed by atoms with Gasteiger partial charge in [0, 0.05) is 44.3 Å². The Morgan fingerprint density at radius 2 is 2.08 bits per heavy atom. The summed E-state index contributed by atoms with van der Waals surface area (Å²) in [5, 5.41) is 3.58. The van der Waals surface area contributed by atoms with E-state index in [0.717, 1.165) is 57.4 Å². The summed E-state index contributed by atoms with van der Waals surface area (Å²) in [6.07, 6.45) is 1.99. The largest absolute Gasteiger partial charge is 0.496 e. The van der Waals surface area contributed by atoms with E-state index in [0.29, 0.717) is 0 Å². The van der Waals surface area contributed by atoms with E-state index in [4.69, 9.17) is 9.47 Å². The fourth-order valence-corrected chi connectivity index (χ4v) is 3.51. The first-order valence-corrected chi connectivity index (χ1v) is 8.37. The van der Waals surface area contributed by atoms with Crippen molar-refractivity contribution in [2.24, 2.45) is 4.99 Å². The smallest absolute Gasteiger partial charge is 0.193 e. The number of hydrogen-bond acceptors (Lipinski definition) is 5. The molecule has 0 aliphatic carbocycles. The maximum Gasteiger partial charge on any atom is 0.193 e. The second kappa shape index (κ2) is 8.38. The Hall–Kier alpha value is -1.02. The lowest BCUT2D eigenvalue weighted by molar-refractivity contribution is 0.0504. The molecule has 0 aromatic heterocycles. The molecule has 0 unspecified atom stereocenters.